The predicted octanol–water partition coefficient (Wildman–Crippen LogP) is 1.04. The summed E-state index contributed by atoms with van der Waals surface area (Å²) in [7, 11) is 0. The third-order valence-corrected chi connectivity index (χ3v) is 2.52. The van der Waals surface area contributed by atoms with E-state index in [1.54, 1.807) is 0 Å². The highest BCUT2D eigenvalue weighted by atomic mass is 15.2. The molecule has 0 atom stereocenters. The minimum Gasteiger partial charge on any atom is -0.301 e. The average Bonchev–Trinajstić information content (AvgIpc) is 2.19. The average molecular weight is 180 g/mol. The lowest BCUT2D eigenvalue weighted by atomic mass is 10.3. The van der Waals surface area contributed by atoms with Gasteiger partial charge < -0.3 is 4.90 Å². The second-order valence-corrected chi connectivity index (χ2v) is 3.42. The van der Waals surface area contributed by atoms with Gasteiger partial charge in [-0.25, -0.2) is 0 Å². The van der Waals surface area contributed by atoms with Crippen LogP contribution in [0.2, 0.25) is 0 Å². The number of likely N-dealkylation sites (N-methyl/N-ethyl adjacent to an activating group) is 1. The van der Waals surface area contributed by atoms with Gasteiger partial charge in [0.05, 0.1) is 6.54 Å². The van der Waals surface area contributed by atoms with Crippen molar-refractivity contribution in [2.45, 2.75) is 20.3 Å². The molecule has 2 heteroatoms. The molecule has 0 N–H and O–H groups in total. The second kappa shape index (κ2) is 6.01. The van der Waals surface area contributed by atoms with E-state index in [0.29, 0.717) is 0 Å². The highest BCUT2D eigenvalue weighted by Gasteiger charge is 2.13. The van der Waals surface area contributed by atoms with E-state index in [-0.39, 0.29) is 0 Å². The fraction of sp³-hybridized carbons (Fsp3) is 0.818. The Morgan fingerprint density at radius 2 is 1.54 bits per heavy atom. The number of piperazine rings is 1. The Kier molecular flexibility index (Phi) is 4.88. The third kappa shape index (κ3) is 3.80. The van der Waals surface area contributed by atoms with Gasteiger partial charge in [0.1, 0.15) is 0 Å². The van der Waals surface area contributed by atoms with Gasteiger partial charge in [0, 0.05) is 32.6 Å². The normalized spacial score (nSPS) is 19.5. The Morgan fingerprint density at radius 1 is 0.923 bits per heavy atom. The Labute approximate surface area is 81.9 Å². The van der Waals surface area contributed by atoms with Crippen LogP contribution in [0.4, 0.5) is 0 Å². The molecule has 0 radical (unpaired) electrons. The highest BCUT2D eigenvalue weighted by molar-refractivity contribution is 5.00. The van der Waals surface area contributed by atoms with Gasteiger partial charge in [0.2, 0.25) is 0 Å². The van der Waals surface area contributed by atoms with E-state index >= 15 is 0 Å². The van der Waals surface area contributed by atoms with Crippen LogP contribution in [0.3, 0.4) is 0 Å². The summed E-state index contributed by atoms with van der Waals surface area (Å²) in [5.74, 6) is 6.31. The first kappa shape index (κ1) is 10.6. The van der Waals surface area contributed by atoms with Crippen LogP contribution in [0.1, 0.15) is 20.3 Å². The van der Waals surface area contributed by atoms with E-state index in [1.807, 2.05) is 0 Å². The summed E-state index contributed by atoms with van der Waals surface area (Å²) in [6.45, 7) is 11.3. The van der Waals surface area contributed by atoms with E-state index in [2.05, 4.69) is 35.5 Å². The lowest BCUT2D eigenvalue weighted by molar-refractivity contribution is 0.149. The van der Waals surface area contributed by atoms with Crippen LogP contribution < -0.4 is 0 Å². The molecule has 1 heterocycles. The second-order valence-electron chi connectivity index (χ2n) is 3.42. The lowest BCUT2D eigenvalue weighted by Crippen LogP contribution is -2.46. The van der Waals surface area contributed by atoms with E-state index < -0.39 is 0 Å². The molecular weight excluding hydrogens is 160 g/mol. The van der Waals surface area contributed by atoms with Crippen LogP contribution in [0.5, 0.6) is 0 Å². The topological polar surface area (TPSA) is 6.48 Å². The fourth-order valence-corrected chi connectivity index (χ4v) is 1.56. The monoisotopic (exact) mass is 180 g/mol. The van der Waals surface area contributed by atoms with E-state index in [9.17, 15) is 0 Å². The molecule has 1 rings (SSSR count). The Balaban J connectivity index is 2.17. The molecule has 0 aromatic heterocycles. The summed E-state index contributed by atoms with van der Waals surface area (Å²) in [5.41, 5.74) is 0. The molecule has 0 aliphatic carbocycles. The summed E-state index contributed by atoms with van der Waals surface area (Å²) >= 11 is 0. The summed E-state index contributed by atoms with van der Waals surface area (Å²) in [4.78, 5) is 4.93. The van der Waals surface area contributed by atoms with Gasteiger partial charge in [-0.3, -0.25) is 4.90 Å². The zero-order valence-corrected chi connectivity index (χ0v) is 8.84. The first-order valence-electron chi connectivity index (χ1n) is 5.27. The van der Waals surface area contributed by atoms with Crippen molar-refractivity contribution in [3.8, 4) is 11.8 Å². The zero-order valence-electron chi connectivity index (χ0n) is 8.84. The molecule has 0 saturated carbocycles. The standard InChI is InChI=1S/C11H20N2/c1-3-5-6-7-13-10-8-12(4-2)9-11-13/h3-4,7-11H2,1-2H3. The quantitative estimate of drug-likeness (QED) is 0.586. The predicted molar refractivity (Wildman–Crippen MR) is 56.6 cm³/mol. The van der Waals surface area contributed by atoms with Crippen LogP contribution >= 0.6 is 0 Å². The Hall–Kier alpha value is -0.520. The molecule has 74 valence electrons. The molecule has 0 aromatic carbocycles. The van der Waals surface area contributed by atoms with Crippen LogP contribution in [-0.4, -0.2) is 49.1 Å². The van der Waals surface area contributed by atoms with Crippen LogP contribution in [-0.2, 0) is 0 Å². The summed E-state index contributed by atoms with van der Waals surface area (Å²) in [6.07, 6.45) is 0.981. The smallest absolute Gasteiger partial charge is 0.0602 e. The van der Waals surface area contributed by atoms with Gasteiger partial charge in [-0.1, -0.05) is 19.8 Å². The van der Waals surface area contributed by atoms with Crippen molar-refractivity contribution in [3.05, 3.63) is 0 Å². The summed E-state index contributed by atoms with van der Waals surface area (Å²) < 4.78 is 0. The Morgan fingerprint density at radius 3 is 2.08 bits per heavy atom. The van der Waals surface area contributed by atoms with Crippen LogP contribution in [0.25, 0.3) is 0 Å². The molecule has 13 heavy (non-hydrogen) atoms. The first-order valence-corrected chi connectivity index (χ1v) is 5.27. The minimum atomic E-state index is 0.964. The van der Waals surface area contributed by atoms with Crippen molar-refractivity contribution in [1.29, 1.82) is 0 Å². The van der Waals surface area contributed by atoms with E-state index in [1.165, 1.54) is 32.7 Å². The molecule has 0 unspecified atom stereocenters. The number of hydrogen-bond acceptors (Lipinski definition) is 2. The van der Waals surface area contributed by atoms with Gasteiger partial charge in [-0.05, 0) is 6.54 Å². The molecule has 1 aliphatic heterocycles. The molecular formula is C11H20N2. The van der Waals surface area contributed by atoms with Crippen molar-refractivity contribution in [3.63, 3.8) is 0 Å². The maximum Gasteiger partial charge on any atom is 0.0602 e. The maximum atomic E-state index is 3.20. The lowest BCUT2D eigenvalue weighted by Gasteiger charge is -2.32. The molecule has 2 nitrogen and oxygen atoms in total. The summed E-state index contributed by atoms with van der Waals surface area (Å²) in [6, 6.07) is 0. The van der Waals surface area contributed by atoms with Gasteiger partial charge in [-0.15, -0.1) is 5.92 Å². The fourth-order valence-electron chi connectivity index (χ4n) is 1.56. The van der Waals surface area contributed by atoms with Crippen molar-refractivity contribution in [2.75, 3.05) is 39.3 Å². The highest BCUT2D eigenvalue weighted by Crippen LogP contribution is 1.99. The Bertz CT molecular complexity index is 182. The van der Waals surface area contributed by atoms with Gasteiger partial charge in [0.15, 0.2) is 0 Å². The third-order valence-electron chi connectivity index (χ3n) is 2.52. The van der Waals surface area contributed by atoms with Gasteiger partial charge in [-0.2, -0.15) is 0 Å². The molecule has 1 saturated heterocycles. The molecule has 0 bridgehead atoms. The molecule has 0 amide bonds. The molecule has 1 aliphatic rings. The first-order chi connectivity index (χ1) is 6.36. The maximum absolute atomic E-state index is 3.20. The van der Waals surface area contributed by atoms with Crippen molar-refractivity contribution in [1.82, 2.24) is 9.80 Å². The molecule has 1 fully saturated rings. The van der Waals surface area contributed by atoms with Crippen molar-refractivity contribution in [2.24, 2.45) is 0 Å². The van der Waals surface area contributed by atoms with Crippen molar-refractivity contribution >= 4 is 0 Å². The van der Waals surface area contributed by atoms with Gasteiger partial charge >= 0.3 is 0 Å². The zero-order chi connectivity index (χ0) is 9.52. The largest absolute Gasteiger partial charge is 0.301 e. The number of hydrogen-bond donors (Lipinski definition) is 0. The molecule has 0 aromatic rings. The minimum absolute atomic E-state index is 0.964. The van der Waals surface area contributed by atoms with Crippen molar-refractivity contribution < 1.29 is 0 Å². The summed E-state index contributed by atoms with van der Waals surface area (Å²) in [5, 5.41) is 0. The molecule has 0 spiro atoms. The number of nitrogens with zero attached hydrogens (tertiary/aromatic N) is 2. The van der Waals surface area contributed by atoms with Crippen LogP contribution in [0.15, 0.2) is 0 Å². The SMILES string of the molecule is CCC#CCN1CCN(CC)CC1. The van der Waals surface area contributed by atoms with Gasteiger partial charge in [0.25, 0.3) is 0 Å². The van der Waals surface area contributed by atoms with E-state index in [0.717, 1.165) is 13.0 Å². The van der Waals surface area contributed by atoms with E-state index in [4.69, 9.17) is 0 Å². The number of rotatable bonds is 2. The van der Waals surface area contributed by atoms with Crippen LogP contribution in [0, 0.1) is 11.8 Å².